The third-order valence-corrected chi connectivity index (χ3v) is 5.04. The Balaban J connectivity index is 1.72. The number of hydrogen-bond donors (Lipinski definition) is 0. The molecule has 0 fully saturated rings. The second kappa shape index (κ2) is 9.87. The Hall–Kier alpha value is -2.67. The van der Waals surface area contributed by atoms with E-state index in [1.165, 1.54) is 41.5 Å². The molecule has 0 bridgehead atoms. The third-order valence-electron chi connectivity index (χ3n) is 5.04. The molecule has 0 aliphatic carbocycles. The molecule has 1 nitrogen and oxygen atoms in total. The topological polar surface area (TPSA) is 12.9 Å². The minimum absolute atomic E-state index is 0.566. The smallest absolute Gasteiger partial charge is 0.0629 e. The van der Waals surface area contributed by atoms with Crippen molar-refractivity contribution in [2.24, 2.45) is 0 Å². The number of benzene rings is 2. The van der Waals surface area contributed by atoms with Crippen molar-refractivity contribution in [2.45, 2.75) is 45.4 Å². The van der Waals surface area contributed by atoms with Crippen molar-refractivity contribution >= 4 is 6.08 Å². The van der Waals surface area contributed by atoms with Crippen LogP contribution in [0.3, 0.4) is 0 Å². The quantitative estimate of drug-likeness (QED) is 0.409. The zero-order chi connectivity index (χ0) is 18.9. The van der Waals surface area contributed by atoms with Crippen LogP contribution in [0.2, 0.25) is 0 Å². The number of aryl methyl sites for hydroxylation is 1. The first-order valence-corrected chi connectivity index (χ1v) is 10.0. The lowest BCUT2D eigenvalue weighted by molar-refractivity contribution is 0.590. The van der Waals surface area contributed by atoms with E-state index in [0.29, 0.717) is 5.92 Å². The van der Waals surface area contributed by atoms with Gasteiger partial charge in [0.05, 0.1) is 5.69 Å². The Kier molecular flexibility index (Phi) is 6.98. The molecule has 27 heavy (non-hydrogen) atoms. The molecular weight excluding hydrogens is 326 g/mol. The van der Waals surface area contributed by atoms with Gasteiger partial charge >= 0.3 is 0 Å². The molecule has 0 amide bonds. The second-order valence-electron chi connectivity index (χ2n) is 7.22. The van der Waals surface area contributed by atoms with E-state index in [1.807, 2.05) is 12.3 Å². The van der Waals surface area contributed by atoms with Gasteiger partial charge in [-0.3, -0.25) is 4.98 Å². The van der Waals surface area contributed by atoms with Gasteiger partial charge in [0.1, 0.15) is 0 Å². The van der Waals surface area contributed by atoms with Crippen LogP contribution in [0.4, 0.5) is 0 Å². The van der Waals surface area contributed by atoms with E-state index in [1.54, 1.807) is 0 Å². The molecule has 1 heterocycles. The molecule has 1 aromatic heterocycles. The summed E-state index contributed by atoms with van der Waals surface area (Å²) >= 11 is 0. The molecule has 1 heteroatoms. The predicted molar refractivity (Wildman–Crippen MR) is 117 cm³/mol. The summed E-state index contributed by atoms with van der Waals surface area (Å²) in [6, 6.07) is 23.9. The Morgan fingerprint density at radius 2 is 1.67 bits per heavy atom. The summed E-state index contributed by atoms with van der Waals surface area (Å²) in [4.78, 5) is 4.43. The monoisotopic (exact) mass is 355 g/mol. The summed E-state index contributed by atoms with van der Waals surface area (Å²) in [6.45, 7) is 4.37. The maximum absolute atomic E-state index is 4.43. The molecule has 0 N–H and O–H groups in total. The van der Waals surface area contributed by atoms with Gasteiger partial charge in [-0.1, -0.05) is 80.4 Å². The summed E-state index contributed by atoms with van der Waals surface area (Å²) in [5.41, 5.74) is 6.30. The first-order chi connectivity index (χ1) is 13.3. The van der Waals surface area contributed by atoms with Crippen molar-refractivity contribution < 1.29 is 0 Å². The summed E-state index contributed by atoms with van der Waals surface area (Å²) < 4.78 is 0. The number of nitrogens with zero attached hydrogens (tertiary/aromatic N) is 1. The zero-order valence-corrected chi connectivity index (χ0v) is 16.4. The molecule has 3 aromatic rings. The van der Waals surface area contributed by atoms with Crippen molar-refractivity contribution in [3.63, 3.8) is 0 Å². The van der Waals surface area contributed by atoms with Gasteiger partial charge in [0.2, 0.25) is 0 Å². The normalized spacial score (nSPS) is 12.4. The van der Waals surface area contributed by atoms with E-state index < -0.39 is 0 Å². The number of allylic oxidation sites excluding steroid dienone is 1. The molecule has 2 aromatic carbocycles. The molecule has 1 unspecified atom stereocenters. The van der Waals surface area contributed by atoms with Crippen molar-refractivity contribution in [3.8, 4) is 11.1 Å². The first-order valence-electron chi connectivity index (χ1n) is 10.0. The van der Waals surface area contributed by atoms with Crippen molar-refractivity contribution in [1.82, 2.24) is 4.98 Å². The molecule has 0 radical (unpaired) electrons. The molecule has 0 saturated heterocycles. The maximum Gasteiger partial charge on any atom is 0.0629 e. The highest BCUT2D eigenvalue weighted by Crippen LogP contribution is 2.29. The van der Waals surface area contributed by atoms with E-state index in [2.05, 4.69) is 91.6 Å². The summed E-state index contributed by atoms with van der Waals surface area (Å²) in [5.74, 6) is 0.566. The zero-order valence-electron chi connectivity index (χ0n) is 16.4. The molecule has 0 aliphatic heterocycles. The molecule has 138 valence electrons. The highest BCUT2D eigenvalue weighted by molar-refractivity contribution is 5.63. The predicted octanol–water partition coefficient (Wildman–Crippen LogP) is 7.43. The van der Waals surface area contributed by atoms with Crippen LogP contribution in [0.5, 0.6) is 0 Å². The van der Waals surface area contributed by atoms with E-state index in [-0.39, 0.29) is 0 Å². The van der Waals surface area contributed by atoms with Gasteiger partial charge in [0.25, 0.3) is 0 Å². The SMILES string of the molecule is CCCCC(CC=Cc1cc(C)ccn1)c1ccc(-c2ccccc2)cc1. The number of hydrogen-bond acceptors (Lipinski definition) is 1. The minimum atomic E-state index is 0.566. The summed E-state index contributed by atoms with van der Waals surface area (Å²) in [7, 11) is 0. The van der Waals surface area contributed by atoms with Gasteiger partial charge in [0, 0.05) is 6.20 Å². The van der Waals surface area contributed by atoms with Crippen LogP contribution in [0.25, 0.3) is 17.2 Å². The van der Waals surface area contributed by atoms with Crippen LogP contribution in [0.1, 0.15) is 55.3 Å². The Morgan fingerprint density at radius 1 is 0.926 bits per heavy atom. The van der Waals surface area contributed by atoms with E-state index >= 15 is 0 Å². The van der Waals surface area contributed by atoms with Crippen LogP contribution in [0.15, 0.2) is 79.0 Å². The standard InChI is InChI=1S/C26H29N/c1-3-4-9-22(12-8-13-26-20-21(2)18-19-27-26)24-14-16-25(17-15-24)23-10-6-5-7-11-23/h5-8,10-11,13-20,22H,3-4,9,12H2,1-2H3. The molecule has 1 atom stereocenters. The molecule has 0 spiro atoms. The fourth-order valence-electron chi connectivity index (χ4n) is 3.45. The number of aromatic nitrogens is 1. The molecular formula is C26H29N. The van der Waals surface area contributed by atoms with Crippen LogP contribution >= 0.6 is 0 Å². The lowest BCUT2D eigenvalue weighted by Gasteiger charge is -2.16. The van der Waals surface area contributed by atoms with E-state index in [4.69, 9.17) is 0 Å². The fourth-order valence-corrected chi connectivity index (χ4v) is 3.45. The van der Waals surface area contributed by atoms with E-state index in [9.17, 15) is 0 Å². The van der Waals surface area contributed by atoms with Crippen molar-refractivity contribution in [1.29, 1.82) is 0 Å². The lowest BCUT2D eigenvalue weighted by Crippen LogP contribution is -1.98. The van der Waals surface area contributed by atoms with Crippen LogP contribution in [-0.4, -0.2) is 4.98 Å². The van der Waals surface area contributed by atoms with Crippen LogP contribution in [-0.2, 0) is 0 Å². The minimum Gasteiger partial charge on any atom is -0.257 e. The first kappa shape index (κ1) is 19.1. The van der Waals surface area contributed by atoms with Gasteiger partial charge in [0.15, 0.2) is 0 Å². The van der Waals surface area contributed by atoms with Gasteiger partial charge in [-0.05, 0) is 66.1 Å². The largest absolute Gasteiger partial charge is 0.257 e. The fraction of sp³-hybridized carbons (Fsp3) is 0.269. The molecule has 0 saturated carbocycles. The second-order valence-corrected chi connectivity index (χ2v) is 7.22. The Bertz CT molecular complexity index is 847. The number of unbranched alkanes of at least 4 members (excludes halogenated alkanes) is 1. The Morgan fingerprint density at radius 3 is 2.37 bits per heavy atom. The van der Waals surface area contributed by atoms with Crippen molar-refractivity contribution in [2.75, 3.05) is 0 Å². The third kappa shape index (κ3) is 5.65. The maximum atomic E-state index is 4.43. The number of rotatable bonds is 8. The van der Waals surface area contributed by atoms with Gasteiger partial charge in [-0.15, -0.1) is 0 Å². The van der Waals surface area contributed by atoms with Gasteiger partial charge < -0.3 is 0 Å². The lowest BCUT2D eigenvalue weighted by atomic mass is 9.89. The Labute approximate surface area is 163 Å². The average Bonchev–Trinajstić information content (AvgIpc) is 2.71. The highest BCUT2D eigenvalue weighted by Gasteiger charge is 2.10. The molecule has 0 aliphatic rings. The highest BCUT2D eigenvalue weighted by atomic mass is 14.6. The van der Waals surface area contributed by atoms with Crippen LogP contribution in [0, 0.1) is 6.92 Å². The average molecular weight is 356 g/mol. The summed E-state index contributed by atoms with van der Waals surface area (Å²) in [6.07, 6.45) is 11.1. The van der Waals surface area contributed by atoms with Crippen LogP contribution < -0.4 is 0 Å². The van der Waals surface area contributed by atoms with E-state index in [0.717, 1.165) is 12.1 Å². The molecule has 3 rings (SSSR count). The van der Waals surface area contributed by atoms with Gasteiger partial charge in [-0.25, -0.2) is 0 Å². The van der Waals surface area contributed by atoms with Crippen molar-refractivity contribution in [3.05, 3.63) is 95.8 Å². The van der Waals surface area contributed by atoms with Gasteiger partial charge in [-0.2, -0.15) is 0 Å². The number of pyridine rings is 1. The summed E-state index contributed by atoms with van der Waals surface area (Å²) in [5, 5.41) is 0.